The third-order valence-electron chi connectivity index (χ3n) is 2.54. The molecule has 102 valence electrons. The van der Waals surface area contributed by atoms with E-state index < -0.39 is 0 Å². The van der Waals surface area contributed by atoms with Crippen LogP contribution in [-0.4, -0.2) is 12.7 Å². The van der Waals surface area contributed by atoms with Crippen LogP contribution in [-0.2, 0) is 5.88 Å². The highest BCUT2D eigenvalue weighted by Crippen LogP contribution is 2.38. The second kappa shape index (κ2) is 7.90. The summed E-state index contributed by atoms with van der Waals surface area (Å²) < 4.78 is 12.5. The van der Waals surface area contributed by atoms with Crippen LogP contribution in [0, 0.1) is 0 Å². The molecule has 0 saturated heterocycles. The molecule has 0 aliphatic rings. The minimum absolute atomic E-state index is 0.173. The van der Waals surface area contributed by atoms with Gasteiger partial charge in [-0.3, -0.25) is 0 Å². The van der Waals surface area contributed by atoms with Gasteiger partial charge in [-0.05, 0) is 53.9 Å². The zero-order chi connectivity index (χ0) is 13.5. The maximum absolute atomic E-state index is 5.95. The minimum atomic E-state index is 0.173. The summed E-state index contributed by atoms with van der Waals surface area (Å²) in [5.41, 5.74) is 1.02. The third kappa shape index (κ3) is 4.36. The lowest BCUT2D eigenvalue weighted by Crippen LogP contribution is -2.12. The van der Waals surface area contributed by atoms with Crippen molar-refractivity contribution in [3.8, 4) is 11.5 Å². The topological polar surface area (TPSA) is 18.5 Å². The van der Waals surface area contributed by atoms with Crippen LogP contribution in [0.3, 0.4) is 0 Å². The molecule has 0 heterocycles. The molecular formula is C14H20BrClO2. The Bertz CT molecular complexity index is 382. The number of ether oxygens (including phenoxy) is 2. The van der Waals surface area contributed by atoms with Gasteiger partial charge >= 0.3 is 0 Å². The average Bonchev–Trinajstić information content (AvgIpc) is 2.33. The summed E-state index contributed by atoms with van der Waals surface area (Å²) >= 11 is 9.39. The van der Waals surface area contributed by atoms with Gasteiger partial charge in [-0.2, -0.15) is 0 Å². The first-order valence-electron chi connectivity index (χ1n) is 6.30. The summed E-state index contributed by atoms with van der Waals surface area (Å²) in [4.78, 5) is 0. The zero-order valence-corrected chi connectivity index (χ0v) is 13.5. The Morgan fingerprint density at radius 1 is 1.33 bits per heavy atom. The molecule has 0 amide bonds. The van der Waals surface area contributed by atoms with Gasteiger partial charge in [0.2, 0.25) is 0 Å². The van der Waals surface area contributed by atoms with Crippen LogP contribution in [0.5, 0.6) is 11.5 Å². The molecule has 0 spiro atoms. The lowest BCUT2D eigenvalue weighted by Gasteiger charge is -2.19. The van der Waals surface area contributed by atoms with Crippen LogP contribution in [0.4, 0.5) is 0 Å². The fourth-order valence-electron chi connectivity index (χ4n) is 1.74. The molecule has 1 aromatic carbocycles. The maximum Gasteiger partial charge on any atom is 0.175 e. The molecule has 0 radical (unpaired) electrons. The molecule has 4 heteroatoms. The first-order chi connectivity index (χ1) is 8.62. The first-order valence-corrected chi connectivity index (χ1v) is 7.62. The van der Waals surface area contributed by atoms with Crippen molar-refractivity contribution in [2.24, 2.45) is 0 Å². The lowest BCUT2D eigenvalue weighted by atomic mass is 10.2. The highest BCUT2D eigenvalue weighted by Gasteiger charge is 2.14. The summed E-state index contributed by atoms with van der Waals surface area (Å²) in [5.74, 6) is 1.99. The quantitative estimate of drug-likeness (QED) is 0.641. The van der Waals surface area contributed by atoms with E-state index in [1.807, 2.05) is 19.1 Å². The van der Waals surface area contributed by atoms with Crippen molar-refractivity contribution in [1.29, 1.82) is 0 Å². The first kappa shape index (κ1) is 15.6. The summed E-state index contributed by atoms with van der Waals surface area (Å²) in [6.07, 6.45) is 2.30. The van der Waals surface area contributed by atoms with Crippen molar-refractivity contribution in [1.82, 2.24) is 0 Å². The number of hydrogen-bond acceptors (Lipinski definition) is 2. The molecule has 1 rings (SSSR count). The Morgan fingerprint density at radius 2 is 2.06 bits per heavy atom. The summed E-state index contributed by atoms with van der Waals surface area (Å²) in [5, 5.41) is 0. The van der Waals surface area contributed by atoms with Crippen LogP contribution in [0.25, 0.3) is 0 Å². The van der Waals surface area contributed by atoms with E-state index in [4.69, 9.17) is 21.1 Å². The fraction of sp³-hybridized carbons (Fsp3) is 0.571. The van der Waals surface area contributed by atoms with Gasteiger partial charge in [-0.1, -0.05) is 13.3 Å². The zero-order valence-electron chi connectivity index (χ0n) is 11.1. The predicted octanol–water partition coefficient (Wildman–Crippen LogP) is 5.15. The van der Waals surface area contributed by atoms with Crippen molar-refractivity contribution in [2.75, 3.05) is 6.61 Å². The monoisotopic (exact) mass is 334 g/mol. The standard InChI is InChI=1S/C14H20BrClO2/c1-4-6-10(3)18-14-12(15)7-11(9-16)8-13(14)17-5-2/h7-8,10H,4-6,9H2,1-3H3. The van der Waals surface area contributed by atoms with Gasteiger partial charge in [0.05, 0.1) is 17.2 Å². The molecule has 0 fully saturated rings. The van der Waals surface area contributed by atoms with E-state index >= 15 is 0 Å². The summed E-state index contributed by atoms with van der Waals surface area (Å²) in [6.45, 7) is 6.79. The maximum atomic E-state index is 5.95. The Balaban J connectivity index is 2.99. The van der Waals surface area contributed by atoms with Crippen molar-refractivity contribution in [3.63, 3.8) is 0 Å². The van der Waals surface area contributed by atoms with E-state index in [-0.39, 0.29) is 6.10 Å². The third-order valence-corrected chi connectivity index (χ3v) is 3.44. The number of alkyl halides is 1. The van der Waals surface area contributed by atoms with Gasteiger partial charge in [-0.15, -0.1) is 11.6 Å². The van der Waals surface area contributed by atoms with Gasteiger partial charge in [-0.25, -0.2) is 0 Å². The van der Waals surface area contributed by atoms with Gasteiger partial charge in [0.25, 0.3) is 0 Å². The van der Waals surface area contributed by atoms with Gasteiger partial charge in [0.15, 0.2) is 11.5 Å². The Morgan fingerprint density at radius 3 is 2.61 bits per heavy atom. The van der Waals surface area contributed by atoms with Crippen LogP contribution in [0.1, 0.15) is 39.2 Å². The van der Waals surface area contributed by atoms with Crippen molar-refractivity contribution < 1.29 is 9.47 Å². The summed E-state index contributed by atoms with van der Waals surface area (Å²) in [7, 11) is 0. The van der Waals surface area contributed by atoms with Gasteiger partial charge in [0, 0.05) is 5.88 Å². The molecule has 0 bridgehead atoms. The Labute approximate surface area is 123 Å². The second-order valence-corrected chi connectivity index (χ2v) is 5.31. The number of benzene rings is 1. The summed E-state index contributed by atoms with van der Waals surface area (Å²) in [6, 6.07) is 3.92. The Kier molecular flexibility index (Phi) is 6.87. The lowest BCUT2D eigenvalue weighted by molar-refractivity contribution is 0.195. The molecule has 1 aromatic rings. The van der Waals surface area contributed by atoms with Crippen LogP contribution in [0.2, 0.25) is 0 Å². The number of halogens is 2. The molecule has 0 aliphatic carbocycles. The minimum Gasteiger partial charge on any atom is -0.490 e. The van der Waals surface area contributed by atoms with E-state index in [2.05, 4.69) is 29.8 Å². The van der Waals surface area contributed by atoms with Crippen LogP contribution >= 0.6 is 27.5 Å². The fourth-order valence-corrected chi connectivity index (χ4v) is 2.48. The highest BCUT2D eigenvalue weighted by atomic mass is 79.9. The molecule has 0 saturated carbocycles. The van der Waals surface area contributed by atoms with Crippen molar-refractivity contribution in [3.05, 3.63) is 22.2 Å². The van der Waals surface area contributed by atoms with Gasteiger partial charge < -0.3 is 9.47 Å². The second-order valence-electron chi connectivity index (χ2n) is 4.19. The number of rotatable bonds is 7. The van der Waals surface area contributed by atoms with E-state index in [9.17, 15) is 0 Å². The van der Waals surface area contributed by atoms with Crippen molar-refractivity contribution in [2.45, 2.75) is 45.6 Å². The van der Waals surface area contributed by atoms with E-state index in [0.717, 1.165) is 34.4 Å². The van der Waals surface area contributed by atoms with Crippen LogP contribution < -0.4 is 9.47 Å². The van der Waals surface area contributed by atoms with E-state index in [0.29, 0.717) is 12.5 Å². The molecule has 0 aromatic heterocycles. The van der Waals surface area contributed by atoms with Crippen molar-refractivity contribution >= 4 is 27.5 Å². The predicted molar refractivity (Wildman–Crippen MR) is 79.9 cm³/mol. The molecule has 1 unspecified atom stereocenters. The molecule has 18 heavy (non-hydrogen) atoms. The molecule has 0 aliphatic heterocycles. The molecule has 2 nitrogen and oxygen atoms in total. The smallest absolute Gasteiger partial charge is 0.175 e. The van der Waals surface area contributed by atoms with Crippen LogP contribution in [0.15, 0.2) is 16.6 Å². The Hall–Kier alpha value is -0.410. The molecule has 1 atom stereocenters. The molecular weight excluding hydrogens is 316 g/mol. The average molecular weight is 336 g/mol. The normalized spacial score (nSPS) is 12.3. The van der Waals surface area contributed by atoms with E-state index in [1.165, 1.54) is 0 Å². The van der Waals surface area contributed by atoms with E-state index in [1.54, 1.807) is 0 Å². The van der Waals surface area contributed by atoms with Gasteiger partial charge in [0.1, 0.15) is 0 Å². The number of hydrogen-bond donors (Lipinski definition) is 0. The largest absolute Gasteiger partial charge is 0.490 e. The highest BCUT2D eigenvalue weighted by molar-refractivity contribution is 9.10. The molecule has 0 N–H and O–H groups in total. The SMILES string of the molecule is CCCC(C)Oc1c(Br)cc(CCl)cc1OCC.